The molecular formula is C20H19N5O4. The van der Waals surface area contributed by atoms with Crippen LogP contribution in [0.25, 0.3) is 5.69 Å². The van der Waals surface area contributed by atoms with Crippen molar-refractivity contribution >= 4 is 23.7 Å². The van der Waals surface area contributed by atoms with Crippen LogP contribution >= 0.6 is 0 Å². The van der Waals surface area contributed by atoms with Gasteiger partial charge in [0.05, 0.1) is 16.7 Å². The Hall–Kier alpha value is -4.01. The highest BCUT2D eigenvalue weighted by Crippen LogP contribution is 2.24. The molecule has 1 aromatic carbocycles. The Morgan fingerprint density at radius 1 is 1.28 bits per heavy atom. The summed E-state index contributed by atoms with van der Waals surface area (Å²) in [7, 11) is 0. The zero-order valence-electron chi connectivity index (χ0n) is 16.1. The number of rotatable bonds is 6. The summed E-state index contributed by atoms with van der Waals surface area (Å²) in [6, 6.07) is 9.94. The molecule has 0 aliphatic carbocycles. The highest BCUT2D eigenvalue weighted by Gasteiger charge is 2.15. The van der Waals surface area contributed by atoms with Crippen LogP contribution < -0.4 is 5.43 Å². The standard InChI is InChI=1S/C20H19N5O4/c1-12-9-15(10-22-23-19-8-7-16(11-21-19)25(28)29)14(3)24(12)18-6-4-5-17(13(18)2)20(26)27/h4-11H,1-3H3,(H,21,23)(H,26,27)/b22-10-. The number of carboxylic acid groups (broad SMARTS) is 1. The molecule has 0 saturated carbocycles. The van der Waals surface area contributed by atoms with E-state index in [9.17, 15) is 20.0 Å². The Morgan fingerprint density at radius 2 is 2.03 bits per heavy atom. The van der Waals surface area contributed by atoms with Gasteiger partial charge < -0.3 is 9.67 Å². The van der Waals surface area contributed by atoms with Crippen LogP contribution in [0.1, 0.15) is 32.9 Å². The zero-order valence-corrected chi connectivity index (χ0v) is 16.1. The fraction of sp³-hybridized carbons (Fsp3) is 0.150. The molecular weight excluding hydrogens is 374 g/mol. The van der Waals surface area contributed by atoms with Crippen LogP contribution in [-0.4, -0.2) is 31.8 Å². The number of carboxylic acids is 1. The van der Waals surface area contributed by atoms with E-state index in [4.69, 9.17) is 0 Å². The van der Waals surface area contributed by atoms with Gasteiger partial charge in [0.2, 0.25) is 0 Å². The van der Waals surface area contributed by atoms with Gasteiger partial charge in [0.15, 0.2) is 0 Å². The third-order valence-corrected chi connectivity index (χ3v) is 4.59. The van der Waals surface area contributed by atoms with Crippen molar-refractivity contribution < 1.29 is 14.8 Å². The predicted octanol–water partition coefficient (Wildman–Crippen LogP) is 3.85. The van der Waals surface area contributed by atoms with E-state index in [1.807, 2.05) is 30.5 Å². The molecule has 2 N–H and O–H groups in total. The Balaban J connectivity index is 1.86. The van der Waals surface area contributed by atoms with Gasteiger partial charge in [0.1, 0.15) is 12.0 Å². The van der Waals surface area contributed by atoms with Crippen molar-refractivity contribution in [2.75, 3.05) is 5.43 Å². The molecule has 0 fully saturated rings. The van der Waals surface area contributed by atoms with E-state index in [0.717, 1.165) is 28.8 Å². The third-order valence-electron chi connectivity index (χ3n) is 4.59. The van der Waals surface area contributed by atoms with Crippen molar-refractivity contribution in [1.29, 1.82) is 0 Å². The average molecular weight is 393 g/mol. The number of pyridine rings is 1. The van der Waals surface area contributed by atoms with Gasteiger partial charge in [0.25, 0.3) is 5.69 Å². The van der Waals surface area contributed by atoms with Gasteiger partial charge in [-0.2, -0.15) is 5.10 Å². The van der Waals surface area contributed by atoms with Crippen molar-refractivity contribution in [3.8, 4) is 5.69 Å². The summed E-state index contributed by atoms with van der Waals surface area (Å²) in [6.45, 7) is 5.64. The van der Waals surface area contributed by atoms with E-state index < -0.39 is 10.9 Å². The number of benzene rings is 1. The van der Waals surface area contributed by atoms with Crippen LogP contribution in [0.15, 0.2) is 47.7 Å². The summed E-state index contributed by atoms with van der Waals surface area (Å²) in [5.41, 5.74) is 7.06. The SMILES string of the molecule is Cc1c(C(=O)O)cccc1-n1c(C)cc(/C=N\Nc2ccc([N+](=O)[O-])cn2)c1C. The van der Waals surface area contributed by atoms with Gasteiger partial charge in [-0.1, -0.05) is 6.07 Å². The first kappa shape index (κ1) is 19.7. The van der Waals surface area contributed by atoms with Crippen LogP contribution in [0.3, 0.4) is 0 Å². The molecule has 0 atom stereocenters. The predicted molar refractivity (Wildman–Crippen MR) is 109 cm³/mol. The number of aromatic nitrogens is 2. The second-order valence-corrected chi connectivity index (χ2v) is 6.45. The summed E-state index contributed by atoms with van der Waals surface area (Å²) in [6.07, 6.45) is 2.78. The summed E-state index contributed by atoms with van der Waals surface area (Å²) in [5.74, 6) is -0.584. The molecule has 0 saturated heterocycles. The van der Waals surface area contributed by atoms with Crippen molar-refractivity contribution in [2.45, 2.75) is 20.8 Å². The lowest BCUT2D eigenvalue weighted by atomic mass is 10.1. The zero-order chi connectivity index (χ0) is 21.1. The molecule has 3 rings (SSSR count). The van der Waals surface area contributed by atoms with Crippen LogP contribution in [-0.2, 0) is 0 Å². The van der Waals surface area contributed by atoms with E-state index in [-0.39, 0.29) is 11.3 Å². The lowest BCUT2D eigenvalue weighted by Crippen LogP contribution is -2.07. The first-order chi connectivity index (χ1) is 13.8. The van der Waals surface area contributed by atoms with E-state index in [1.165, 1.54) is 12.1 Å². The number of nitrogens with zero attached hydrogens (tertiary/aromatic N) is 4. The molecule has 3 aromatic rings. The number of hydrogen-bond acceptors (Lipinski definition) is 6. The molecule has 0 amide bonds. The number of carbonyl (C=O) groups is 1. The fourth-order valence-electron chi connectivity index (χ4n) is 3.11. The topological polar surface area (TPSA) is 123 Å². The van der Waals surface area contributed by atoms with Crippen LogP contribution in [0, 0.1) is 30.9 Å². The fourth-order valence-corrected chi connectivity index (χ4v) is 3.11. The number of aromatic carboxylic acids is 1. The summed E-state index contributed by atoms with van der Waals surface area (Å²) in [5, 5.41) is 24.2. The molecule has 0 unspecified atom stereocenters. The highest BCUT2D eigenvalue weighted by molar-refractivity contribution is 5.90. The minimum atomic E-state index is -0.964. The maximum atomic E-state index is 11.4. The minimum absolute atomic E-state index is 0.0953. The number of hydrogen-bond donors (Lipinski definition) is 2. The van der Waals surface area contributed by atoms with Crippen molar-refractivity contribution in [3.63, 3.8) is 0 Å². The minimum Gasteiger partial charge on any atom is -0.478 e. The molecule has 2 heterocycles. The van der Waals surface area contributed by atoms with E-state index in [0.29, 0.717) is 11.4 Å². The van der Waals surface area contributed by atoms with E-state index >= 15 is 0 Å². The van der Waals surface area contributed by atoms with Crippen LogP contribution in [0.5, 0.6) is 0 Å². The van der Waals surface area contributed by atoms with E-state index in [2.05, 4.69) is 15.5 Å². The third kappa shape index (κ3) is 3.98. The number of nitrogens with one attached hydrogen (secondary N) is 1. The second-order valence-electron chi connectivity index (χ2n) is 6.45. The van der Waals surface area contributed by atoms with Crippen LogP contribution in [0.4, 0.5) is 11.5 Å². The van der Waals surface area contributed by atoms with Gasteiger partial charge in [-0.3, -0.25) is 15.5 Å². The maximum Gasteiger partial charge on any atom is 0.336 e. The molecule has 9 nitrogen and oxygen atoms in total. The van der Waals surface area contributed by atoms with E-state index in [1.54, 1.807) is 25.3 Å². The van der Waals surface area contributed by atoms with Crippen molar-refractivity contribution in [3.05, 3.63) is 80.8 Å². The quantitative estimate of drug-likeness (QED) is 0.372. The lowest BCUT2D eigenvalue weighted by Gasteiger charge is -2.14. The normalized spacial score (nSPS) is 11.0. The largest absolute Gasteiger partial charge is 0.478 e. The Kier molecular flexibility index (Phi) is 5.40. The molecule has 148 valence electrons. The molecule has 9 heteroatoms. The second kappa shape index (κ2) is 7.93. The first-order valence-corrected chi connectivity index (χ1v) is 8.71. The summed E-state index contributed by atoms with van der Waals surface area (Å²) >= 11 is 0. The molecule has 0 aliphatic heterocycles. The van der Waals surface area contributed by atoms with Crippen LogP contribution in [0.2, 0.25) is 0 Å². The van der Waals surface area contributed by atoms with Gasteiger partial charge >= 0.3 is 5.97 Å². The molecule has 0 bridgehead atoms. The smallest absolute Gasteiger partial charge is 0.336 e. The number of anilines is 1. The Bertz CT molecular complexity index is 1120. The molecule has 0 spiro atoms. The number of hydrazone groups is 1. The first-order valence-electron chi connectivity index (χ1n) is 8.71. The lowest BCUT2D eigenvalue weighted by molar-refractivity contribution is -0.385. The van der Waals surface area contributed by atoms with Gasteiger partial charge in [-0.15, -0.1) is 0 Å². The van der Waals surface area contributed by atoms with Crippen molar-refractivity contribution in [1.82, 2.24) is 9.55 Å². The van der Waals surface area contributed by atoms with Gasteiger partial charge in [-0.05, 0) is 50.6 Å². The Morgan fingerprint density at radius 3 is 2.66 bits per heavy atom. The summed E-state index contributed by atoms with van der Waals surface area (Å²) < 4.78 is 1.98. The maximum absolute atomic E-state index is 11.4. The average Bonchev–Trinajstić information content (AvgIpc) is 2.96. The molecule has 29 heavy (non-hydrogen) atoms. The highest BCUT2D eigenvalue weighted by atomic mass is 16.6. The monoisotopic (exact) mass is 393 g/mol. The number of nitro groups is 1. The number of aryl methyl sites for hydroxylation is 1. The molecule has 0 radical (unpaired) electrons. The molecule has 2 aromatic heterocycles. The molecule has 0 aliphatic rings. The van der Waals surface area contributed by atoms with Gasteiger partial charge in [0, 0.05) is 28.7 Å². The van der Waals surface area contributed by atoms with Gasteiger partial charge in [-0.25, -0.2) is 9.78 Å². The Labute approximate surface area is 166 Å². The summed E-state index contributed by atoms with van der Waals surface area (Å²) in [4.78, 5) is 25.5. The van der Waals surface area contributed by atoms with Crippen molar-refractivity contribution in [2.24, 2.45) is 5.10 Å².